The first-order valence-corrected chi connectivity index (χ1v) is 9.38. The molecule has 3 amide bonds. The van der Waals surface area contributed by atoms with Crippen LogP contribution in [0.3, 0.4) is 0 Å². The number of urea groups is 1. The van der Waals surface area contributed by atoms with Gasteiger partial charge >= 0.3 is 6.03 Å². The topological polar surface area (TPSA) is 96.0 Å². The molecule has 0 unspecified atom stereocenters. The van der Waals surface area contributed by atoms with Gasteiger partial charge in [-0.15, -0.1) is 0 Å². The largest absolute Gasteiger partial charge is 0.352 e. The monoisotopic (exact) mass is 389 g/mol. The van der Waals surface area contributed by atoms with E-state index in [0.717, 1.165) is 18.4 Å². The number of nitrogens with one attached hydrogen (secondary N) is 3. The van der Waals surface area contributed by atoms with Crippen LogP contribution in [-0.4, -0.2) is 28.5 Å². The molecule has 0 saturated carbocycles. The lowest BCUT2D eigenvalue weighted by Crippen LogP contribution is -2.25. The van der Waals surface area contributed by atoms with Gasteiger partial charge in [-0.25, -0.2) is 9.78 Å². The van der Waals surface area contributed by atoms with E-state index in [2.05, 4.69) is 38.1 Å². The number of anilines is 2. The number of carbonyl (C=O) groups is 2. The summed E-state index contributed by atoms with van der Waals surface area (Å²) < 4.78 is 0. The summed E-state index contributed by atoms with van der Waals surface area (Å²) in [4.78, 5) is 32.5. The van der Waals surface area contributed by atoms with E-state index >= 15 is 0 Å². The molecule has 7 nitrogen and oxygen atoms in total. The average molecular weight is 389 g/mol. The lowest BCUT2D eigenvalue weighted by atomic mass is 10.1. The Labute approximate surface area is 169 Å². The highest BCUT2D eigenvalue weighted by Gasteiger charge is 2.10. The third kappa shape index (κ3) is 6.14. The number of benzene rings is 2. The van der Waals surface area contributed by atoms with Gasteiger partial charge in [0.25, 0.3) is 5.91 Å². The molecule has 1 aromatic heterocycles. The average Bonchev–Trinajstić information content (AvgIpc) is 2.74. The molecule has 148 valence electrons. The fourth-order valence-electron chi connectivity index (χ4n) is 2.77. The van der Waals surface area contributed by atoms with E-state index in [0.29, 0.717) is 23.6 Å². The highest BCUT2D eigenvalue weighted by atomic mass is 16.2. The summed E-state index contributed by atoms with van der Waals surface area (Å²) in [5.41, 5.74) is 3.14. The molecule has 0 fully saturated rings. The van der Waals surface area contributed by atoms with Crippen LogP contribution < -0.4 is 16.0 Å². The molecule has 0 atom stereocenters. The van der Waals surface area contributed by atoms with Crippen molar-refractivity contribution in [1.29, 1.82) is 0 Å². The third-order valence-corrected chi connectivity index (χ3v) is 4.32. The number of amides is 3. The van der Waals surface area contributed by atoms with Crippen molar-refractivity contribution in [2.24, 2.45) is 0 Å². The first kappa shape index (κ1) is 20.0. The number of rotatable bonds is 7. The van der Waals surface area contributed by atoms with Crippen molar-refractivity contribution in [2.45, 2.75) is 19.8 Å². The zero-order valence-electron chi connectivity index (χ0n) is 16.2. The van der Waals surface area contributed by atoms with Crippen molar-refractivity contribution < 1.29 is 9.59 Å². The molecule has 2 aromatic carbocycles. The lowest BCUT2D eigenvalue weighted by molar-refractivity contribution is 0.0953. The Morgan fingerprint density at radius 1 is 1.00 bits per heavy atom. The second kappa shape index (κ2) is 9.98. The zero-order chi connectivity index (χ0) is 20.5. The summed E-state index contributed by atoms with van der Waals surface area (Å²) in [5, 5.41) is 8.27. The lowest BCUT2D eigenvalue weighted by Gasteiger charge is -2.11. The van der Waals surface area contributed by atoms with Crippen LogP contribution in [0.1, 0.15) is 27.9 Å². The number of nitrogens with zero attached hydrogens (tertiary/aromatic N) is 2. The van der Waals surface area contributed by atoms with Crippen molar-refractivity contribution in [2.75, 3.05) is 17.2 Å². The number of aromatic nitrogens is 2. The fraction of sp³-hybridized carbons (Fsp3) is 0.182. The molecule has 0 spiro atoms. The highest BCUT2D eigenvalue weighted by Crippen LogP contribution is 2.17. The Kier molecular flexibility index (Phi) is 6.89. The van der Waals surface area contributed by atoms with Gasteiger partial charge in [0.15, 0.2) is 5.82 Å². The van der Waals surface area contributed by atoms with Crippen LogP contribution in [0.4, 0.5) is 16.3 Å². The van der Waals surface area contributed by atoms with E-state index in [-0.39, 0.29) is 5.91 Å². The molecule has 0 radical (unpaired) electrons. The van der Waals surface area contributed by atoms with Gasteiger partial charge in [0, 0.05) is 30.2 Å². The summed E-state index contributed by atoms with van der Waals surface area (Å²) >= 11 is 0. The van der Waals surface area contributed by atoms with Crippen LogP contribution in [0.5, 0.6) is 0 Å². The van der Waals surface area contributed by atoms with Gasteiger partial charge in [-0.05, 0) is 43.0 Å². The zero-order valence-corrected chi connectivity index (χ0v) is 16.2. The molecule has 7 heteroatoms. The molecule has 0 aliphatic heterocycles. The van der Waals surface area contributed by atoms with Crippen LogP contribution in [0.2, 0.25) is 0 Å². The van der Waals surface area contributed by atoms with Crippen LogP contribution >= 0.6 is 0 Å². The maximum absolute atomic E-state index is 12.4. The molecule has 0 bridgehead atoms. The van der Waals surface area contributed by atoms with E-state index in [1.54, 1.807) is 18.2 Å². The van der Waals surface area contributed by atoms with Gasteiger partial charge in [-0.1, -0.05) is 36.4 Å². The normalized spacial score (nSPS) is 10.2. The SMILES string of the molecule is Cc1ccc(C(=O)NCCCc2ccccc2)cc1NC(=O)Nc1cnccn1. The van der Waals surface area contributed by atoms with Crippen molar-refractivity contribution >= 4 is 23.4 Å². The minimum atomic E-state index is -0.450. The van der Waals surface area contributed by atoms with Gasteiger partial charge in [-0.2, -0.15) is 0 Å². The van der Waals surface area contributed by atoms with E-state index in [1.807, 2.05) is 25.1 Å². The minimum absolute atomic E-state index is 0.171. The van der Waals surface area contributed by atoms with E-state index < -0.39 is 6.03 Å². The van der Waals surface area contributed by atoms with Crippen molar-refractivity contribution in [3.63, 3.8) is 0 Å². The van der Waals surface area contributed by atoms with Crippen molar-refractivity contribution in [1.82, 2.24) is 15.3 Å². The Morgan fingerprint density at radius 3 is 2.59 bits per heavy atom. The second-order valence-electron chi connectivity index (χ2n) is 6.54. The maximum atomic E-state index is 12.4. The molecule has 3 N–H and O–H groups in total. The summed E-state index contributed by atoms with van der Waals surface area (Å²) in [6, 6.07) is 14.9. The standard InChI is InChI=1S/C22H23N5O2/c1-16-9-10-18(21(28)25-11-5-8-17-6-3-2-4-7-17)14-19(16)26-22(29)27-20-15-23-12-13-24-20/h2-4,6-7,9-10,12-15H,5,8,11H2,1H3,(H,25,28)(H2,24,26,27,29). The van der Waals surface area contributed by atoms with Gasteiger partial charge in [-0.3, -0.25) is 15.1 Å². The highest BCUT2D eigenvalue weighted by molar-refractivity contribution is 6.01. The number of aryl methyl sites for hydroxylation is 2. The Balaban J connectivity index is 1.53. The summed E-state index contributed by atoms with van der Waals surface area (Å²) in [6.45, 7) is 2.44. The predicted molar refractivity (Wildman–Crippen MR) is 113 cm³/mol. The second-order valence-corrected chi connectivity index (χ2v) is 6.54. The van der Waals surface area contributed by atoms with Gasteiger partial charge < -0.3 is 10.6 Å². The molecule has 1 heterocycles. The van der Waals surface area contributed by atoms with Crippen LogP contribution in [-0.2, 0) is 6.42 Å². The molecular formula is C22H23N5O2. The summed E-state index contributed by atoms with van der Waals surface area (Å²) in [5.74, 6) is 0.172. The maximum Gasteiger partial charge on any atom is 0.324 e. The first-order chi connectivity index (χ1) is 14.1. The van der Waals surface area contributed by atoms with E-state index in [9.17, 15) is 9.59 Å². The van der Waals surface area contributed by atoms with E-state index in [1.165, 1.54) is 24.2 Å². The number of hydrogen-bond acceptors (Lipinski definition) is 4. The van der Waals surface area contributed by atoms with Crippen molar-refractivity contribution in [3.05, 3.63) is 83.8 Å². The molecule has 0 aliphatic rings. The molecule has 0 aliphatic carbocycles. The van der Waals surface area contributed by atoms with Gasteiger partial charge in [0.2, 0.25) is 0 Å². The molecule has 0 saturated heterocycles. The Bertz CT molecular complexity index is 961. The summed E-state index contributed by atoms with van der Waals surface area (Å²) in [7, 11) is 0. The summed E-state index contributed by atoms with van der Waals surface area (Å²) in [6.07, 6.45) is 6.22. The quantitative estimate of drug-likeness (QED) is 0.536. The number of hydrogen-bond donors (Lipinski definition) is 3. The van der Waals surface area contributed by atoms with E-state index in [4.69, 9.17) is 0 Å². The Hall–Kier alpha value is -3.74. The van der Waals surface area contributed by atoms with Crippen LogP contribution in [0.15, 0.2) is 67.1 Å². The number of carbonyl (C=O) groups excluding carboxylic acids is 2. The molecule has 29 heavy (non-hydrogen) atoms. The van der Waals surface area contributed by atoms with Gasteiger partial charge in [0.1, 0.15) is 0 Å². The predicted octanol–water partition coefficient (Wildman–Crippen LogP) is 3.79. The minimum Gasteiger partial charge on any atom is -0.352 e. The fourth-order valence-corrected chi connectivity index (χ4v) is 2.77. The third-order valence-electron chi connectivity index (χ3n) is 4.32. The first-order valence-electron chi connectivity index (χ1n) is 9.38. The van der Waals surface area contributed by atoms with Crippen molar-refractivity contribution in [3.8, 4) is 0 Å². The molecule has 3 aromatic rings. The van der Waals surface area contributed by atoms with Crippen LogP contribution in [0.25, 0.3) is 0 Å². The van der Waals surface area contributed by atoms with Crippen LogP contribution in [0, 0.1) is 6.92 Å². The smallest absolute Gasteiger partial charge is 0.324 e. The molecular weight excluding hydrogens is 366 g/mol. The van der Waals surface area contributed by atoms with Gasteiger partial charge in [0.05, 0.1) is 6.20 Å². The molecule has 3 rings (SSSR count). The Morgan fingerprint density at radius 2 is 1.83 bits per heavy atom.